The Hall–Kier alpha value is -3.40. The molecule has 4 heteroatoms. The van der Waals surface area contributed by atoms with Crippen LogP contribution in [-0.2, 0) is 10.8 Å². The van der Waals surface area contributed by atoms with Crippen molar-refractivity contribution < 1.29 is 19.8 Å². The summed E-state index contributed by atoms with van der Waals surface area (Å²) in [7, 11) is 0. The molecule has 0 atom stereocenters. The van der Waals surface area contributed by atoms with Crippen LogP contribution in [-0.4, -0.2) is 21.8 Å². The molecular formula is C28H30O4. The Balaban J connectivity index is 2.16. The fourth-order valence-corrected chi connectivity index (χ4v) is 3.90. The van der Waals surface area contributed by atoms with E-state index >= 15 is 0 Å². The molecular weight excluding hydrogens is 400 g/mol. The van der Waals surface area contributed by atoms with Gasteiger partial charge in [0.25, 0.3) is 0 Å². The molecule has 0 aliphatic rings. The molecule has 0 unspecified atom stereocenters. The molecule has 0 saturated carbocycles. The van der Waals surface area contributed by atoms with E-state index in [1.54, 1.807) is 24.3 Å². The Kier molecular flexibility index (Phi) is 6.01. The number of phenols is 2. The van der Waals surface area contributed by atoms with Crippen molar-refractivity contribution in [3.63, 3.8) is 0 Å². The zero-order chi connectivity index (χ0) is 23.8. The van der Waals surface area contributed by atoms with Crippen LogP contribution in [0.3, 0.4) is 0 Å². The minimum Gasteiger partial charge on any atom is -0.507 e. The summed E-state index contributed by atoms with van der Waals surface area (Å²) in [5, 5.41) is 21.0. The van der Waals surface area contributed by atoms with Crippen LogP contribution in [0.5, 0.6) is 11.5 Å². The summed E-state index contributed by atoms with van der Waals surface area (Å²) in [4.78, 5) is 26.9. The summed E-state index contributed by atoms with van der Waals surface area (Å²) < 4.78 is 0. The van der Waals surface area contributed by atoms with Gasteiger partial charge in [0.1, 0.15) is 11.5 Å². The summed E-state index contributed by atoms with van der Waals surface area (Å²) in [5.74, 6) is -1.52. The fraction of sp³-hybridized carbons (Fsp3) is 0.286. The number of ketones is 2. The molecule has 3 rings (SSSR count). The van der Waals surface area contributed by atoms with Crippen LogP contribution in [0.4, 0.5) is 0 Å². The van der Waals surface area contributed by atoms with Gasteiger partial charge in [0.2, 0.25) is 0 Å². The molecule has 0 fully saturated rings. The Morgan fingerprint density at radius 3 is 1.25 bits per heavy atom. The largest absolute Gasteiger partial charge is 0.507 e. The highest BCUT2D eigenvalue weighted by atomic mass is 16.3. The Labute approximate surface area is 189 Å². The van der Waals surface area contributed by atoms with Crippen molar-refractivity contribution in [2.24, 2.45) is 0 Å². The molecule has 0 amide bonds. The van der Waals surface area contributed by atoms with Crippen molar-refractivity contribution in [1.82, 2.24) is 0 Å². The quantitative estimate of drug-likeness (QED) is 0.487. The van der Waals surface area contributed by atoms with Gasteiger partial charge in [-0.3, -0.25) is 9.59 Å². The van der Waals surface area contributed by atoms with Gasteiger partial charge < -0.3 is 10.2 Å². The van der Waals surface area contributed by atoms with E-state index in [4.69, 9.17) is 0 Å². The molecule has 3 aromatic carbocycles. The third-order valence-corrected chi connectivity index (χ3v) is 5.56. The van der Waals surface area contributed by atoms with E-state index in [2.05, 4.69) is 0 Å². The number of carbonyl (C=O) groups excluding carboxylic acids is 2. The van der Waals surface area contributed by atoms with E-state index in [1.165, 1.54) is 6.07 Å². The highest BCUT2D eigenvalue weighted by molar-refractivity contribution is 6.16. The molecule has 0 aliphatic heterocycles. The van der Waals surface area contributed by atoms with Crippen molar-refractivity contribution in [1.29, 1.82) is 0 Å². The molecule has 0 radical (unpaired) electrons. The van der Waals surface area contributed by atoms with E-state index < -0.39 is 11.6 Å². The van der Waals surface area contributed by atoms with Gasteiger partial charge in [-0.2, -0.15) is 0 Å². The lowest BCUT2D eigenvalue weighted by atomic mass is 9.80. The van der Waals surface area contributed by atoms with Crippen molar-refractivity contribution in [3.05, 3.63) is 94.0 Å². The van der Waals surface area contributed by atoms with Gasteiger partial charge in [-0.25, -0.2) is 0 Å². The van der Waals surface area contributed by atoms with E-state index in [9.17, 15) is 19.8 Å². The van der Waals surface area contributed by atoms with Crippen molar-refractivity contribution in [3.8, 4) is 11.5 Å². The fourth-order valence-electron chi connectivity index (χ4n) is 3.90. The van der Waals surface area contributed by atoms with Crippen molar-refractivity contribution in [2.75, 3.05) is 0 Å². The van der Waals surface area contributed by atoms with Gasteiger partial charge in [-0.05, 0) is 28.0 Å². The maximum Gasteiger partial charge on any atom is 0.197 e. The molecule has 0 saturated heterocycles. The van der Waals surface area contributed by atoms with Crippen LogP contribution in [0.1, 0.15) is 84.5 Å². The first-order valence-corrected chi connectivity index (χ1v) is 10.7. The van der Waals surface area contributed by atoms with E-state index in [0.717, 1.165) is 17.2 Å². The maximum absolute atomic E-state index is 13.4. The number of carbonyl (C=O) groups is 2. The standard InChI is InChI=1S/C28H30O4/c1-27(2,3)21-13-9-7-11-17(21)25(31)19-15-20(24(30)16-23(19)29)26(32)18-12-8-10-14-22(18)28(4,5)6/h7-16,29-30H,1-6H3. The van der Waals surface area contributed by atoms with Crippen LogP contribution in [0, 0.1) is 0 Å². The van der Waals surface area contributed by atoms with Crippen LogP contribution in [0.2, 0.25) is 0 Å². The first kappa shape index (κ1) is 23.3. The average molecular weight is 431 g/mol. The number of hydrogen-bond acceptors (Lipinski definition) is 4. The second kappa shape index (κ2) is 8.27. The second-order valence-corrected chi connectivity index (χ2v) is 10.1. The topological polar surface area (TPSA) is 74.6 Å². The zero-order valence-electron chi connectivity index (χ0n) is 19.5. The van der Waals surface area contributed by atoms with Gasteiger partial charge in [-0.15, -0.1) is 0 Å². The Morgan fingerprint density at radius 2 is 0.906 bits per heavy atom. The second-order valence-electron chi connectivity index (χ2n) is 10.1. The van der Waals surface area contributed by atoms with Crippen LogP contribution < -0.4 is 0 Å². The van der Waals surface area contributed by atoms with E-state index in [0.29, 0.717) is 11.1 Å². The van der Waals surface area contributed by atoms with Crippen LogP contribution in [0.15, 0.2) is 60.7 Å². The van der Waals surface area contributed by atoms with E-state index in [-0.39, 0.29) is 33.5 Å². The summed E-state index contributed by atoms with van der Waals surface area (Å²) in [6.45, 7) is 12.0. The van der Waals surface area contributed by atoms with Crippen LogP contribution in [0.25, 0.3) is 0 Å². The Bertz CT molecular complexity index is 1100. The molecule has 3 aromatic rings. The first-order valence-electron chi connectivity index (χ1n) is 10.7. The minimum atomic E-state index is -0.397. The molecule has 32 heavy (non-hydrogen) atoms. The van der Waals surface area contributed by atoms with Crippen LogP contribution >= 0.6 is 0 Å². The lowest BCUT2D eigenvalue weighted by molar-refractivity contribution is 0.103. The zero-order valence-corrected chi connectivity index (χ0v) is 19.5. The molecule has 0 heterocycles. The molecule has 0 aliphatic carbocycles. The SMILES string of the molecule is CC(C)(C)c1ccccc1C(=O)c1cc(C(=O)c2ccccc2C(C)(C)C)c(O)cc1O. The number of benzene rings is 3. The van der Waals surface area contributed by atoms with Gasteiger partial charge >= 0.3 is 0 Å². The summed E-state index contributed by atoms with van der Waals surface area (Å²) in [6, 6.07) is 16.8. The van der Waals surface area contributed by atoms with E-state index in [1.807, 2.05) is 65.8 Å². The third kappa shape index (κ3) is 4.45. The van der Waals surface area contributed by atoms with Gasteiger partial charge in [0, 0.05) is 17.2 Å². The lowest BCUT2D eigenvalue weighted by Crippen LogP contribution is -2.18. The predicted octanol–water partition coefficient (Wildman–Crippen LogP) is 6.15. The molecule has 166 valence electrons. The minimum absolute atomic E-state index is 0.0175. The molecule has 0 aromatic heterocycles. The summed E-state index contributed by atoms with van der Waals surface area (Å²) in [6.07, 6.45) is 0. The monoisotopic (exact) mass is 430 g/mol. The number of phenolic OH excluding ortho intramolecular Hbond substituents is 2. The van der Waals surface area contributed by atoms with Crippen molar-refractivity contribution in [2.45, 2.75) is 52.4 Å². The summed E-state index contributed by atoms with van der Waals surface area (Å²) >= 11 is 0. The highest BCUT2D eigenvalue weighted by Gasteiger charge is 2.28. The maximum atomic E-state index is 13.4. The molecule has 0 bridgehead atoms. The highest BCUT2D eigenvalue weighted by Crippen LogP contribution is 2.35. The molecule has 4 nitrogen and oxygen atoms in total. The number of aromatic hydroxyl groups is 2. The lowest BCUT2D eigenvalue weighted by Gasteiger charge is -2.23. The molecule has 2 N–H and O–H groups in total. The number of hydrogen-bond donors (Lipinski definition) is 2. The predicted molar refractivity (Wildman–Crippen MR) is 127 cm³/mol. The molecule has 0 spiro atoms. The smallest absolute Gasteiger partial charge is 0.197 e. The Morgan fingerprint density at radius 1 is 0.562 bits per heavy atom. The average Bonchev–Trinajstić information content (AvgIpc) is 2.72. The van der Waals surface area contributed by atoms with Gasteiger partial charge in [-0.1, -0.05) is 90.1 Å². The normalized spacial score (nSPS) is 11.9. The summed E-state index contributed by atoms with van der Waals surface area (Å²) in [5.41, 5.74) is 1.97. The third-order valence-electron chi connectivity index (χ3n) is 5.56. The van der Waals surface area contributed by atoms with Gasteiger partial charge in [0.15, 0.2) is 11.6 Å². The van der Waals surface area contributed by atoms with Gasteiger partial charge in [0.05, 0.1) is 11.1 Å². The first-order chi connectivity index (χ1) is 14.8. The number of rotatable bonds is 4. The van der Waals surface area contributed by atoms with Crippen molar-refractivity contribution >= 4 is 11.6 Å².